The number of carboxylic acid groups (broad SMARTS) is 1. The summed E-state index contributed by atoms with van der Waals surface area (Å²) < 4.78 is 0. The monoisotopic (exact) mass is 208 g/mol. The molecule has 3 heteroatoms. The van der Waals surface area contributed by atoms with Crippen molar-refractivity contribution in [2.75, 3.05) is 0 Å². The van der Waals surface area contributed by atoms with Gasteiger partial charge in [0.05, 0.1) is 5.92 Å². The molecule has 1 aromatic rings. The number of phenolic OH excluding ortho intramolecular Hbond substituents is 1. The average Bonchev–Trinajstić information content (AvgIpc) is 2.18. The standard InChI is InChI=1S/C12H16O3/c1-8(7-9(2)12(14)15)10-3-5-11(13)6-4-10/h3-6,8-9,13H,7H2,1-2H3,(H,14,15). The molecule has 0 saturated heterocycles. The van der Waals surface area contributed by atoms with Gasteiger partial charge in [0.15, 0.2) is 0 Å². The molecule has 2 atom stereocenters. The van der Waals surface area contributed by atoms with Crippen molar-refractivity contribution in [1.82, 2.24) is 0 Å². The number of hydrogen-bond donors (Lipinski definition) is 2. The Morgan fingerprint density at radius 3 is 2.27 bits per heavy atom. The average molecular weight is 208 g/mol. The molecule has 2 N–H and O–H groups in total. The zero-order valence-electron chi connectivity index (χ0n) is 8.97. The van der Waals surface area contributed by atoms with Crippen molar-refractivity contribution >= 4 is 5.97 Å². The van der Waals surface area contributed by atoms with E-state index in [4.69, 9.17) is 10.2 Å². The van der Waals surface area contributed by atoms with E-state index in [9.17, 15) is 4.79 Å². The van der Waals surface area contributed by atoms with Crippen LogP contribution < -0.4 is 0 Å². The number of carbonyl (C=O) groups is 1. The summed E-state index contributed by atoms with van der Waals surface area (Å²) in [4.78, 5) is 10.7. The molecule has 0 aliphatic heterocycles. The molecule has 0 aromatic heterocycles. The summed E-state index contributed by atoms with van der Waals surface area (Å²) in [5.74, 6) is -0.677. The summed E-state index contributed by atoms with van der Waals surface area (Å²) >= 11 is 0. The summed E-state index contributed by atoms with van der Waals surface area (Å²) in [7, 11) is 0. The second kappa shape index (κ2) is 4.82. The summed E-state index contributed by atoms with van der Waals surface area (Å²) in [6.45, 7) is 3.70. The third kappa shape index (κ3) is 3.27. The number of carboxylic acids is 1. The number of aliphatic carboxylic acids is 1. The maximum atomic E-state index is 10.7. The van der Waals surface area contributed by atoms with Crippen molar-refractivity contribution in [2.24, 2.45) is 5.92 Å². The minimum Gasteiger partial charge on any atom is -0.508 e. The first-order valence-corrected chi connectivity index (χ1v) is 5.02. The van der Waals surface area contributed by atoms with E-state index >= 15 is 0 Å². The fourth-order valence-electron chi connectivity index (χ4n) is 1.57. The SMILES string of the molecule is CC(CC(C)c1ccc(O)cc1)C(=O)O. The molecule has 0 bridgehead atoms. The Morgan fingerprint density at radius 1 is 1.27 bits per heavy atom. The molecule has 0 heterocycles. The third-order valence-corrected chi connectivity index (χ3v) is 2.59. The van der Waals surface area contributed by atoms with Crippen LogP contribution in [-0.2, 0) is 4.79 Å². The van der Waals surface area contributed by atoms with Crippen LogP contribution in [-0.4, -0.2) is 16.2 Å². The first-order valence-electron chi connectivity index (χ1n) is 5.02. The molecule has 0 aliphatic carbocycles. The van der Waals surface area contributed by atoms with Gasteiger partial charge in [-0.15, -0.1) is 0 Å². The van der Waals surface area contributed by atoms with Crippen molar-refractivity contribution in [2.45, 2.75) is 26.2 Å². The Hall–Kier alpha value is -1.51. The summed E-state index contributed by atoms with van der Waals surface area (Å²) in [5, 5.41) is 17.9. The van der Waals surface area contributed by atoms with Gasteiger partial charge in [0.2, 0.25) is 0 Å². The summed E-state index contributed by atoms with van der Waals surface area (Å²) in [5.41, 5.74) is 1.06. The van der Waals surface area contributed by atoms with Crippen LogP contribution in [0.3, 0.4) is 0 Å². The fourth-order valence-corrected chi connectivity index (χ4v) is 1.57. The predicted molar refractivity (Wildman–Crippen MR) is 57.9 cm³/mol. The minimum atomic E-state index is -0.763. The lowest BCUT2D eigenvalue weighted by Gasteiger charge is -2.14. The van der Waals surface area contributed by atoms with Crippen molar-refractivity contribution in [3.63, 3.8) is 0 Å². The van der Waals surface area contributed by atoms with E-state index in [1.807, 2.05) is 19.1 Å². The van der Waals surface area contributed by atoms with Crippen LogP contribution in [0.2, 0.25) is 0 Å². The Labute approximate surface area is 89.4 Å². The highest BCUT2D eigenvalue weighted by molar-refractivity contribution is 5.69. The van der Waals surface area contributed by atoms with Gasteiger partial charge < -0.3 is 10.2 Å². The molecule has 1 rings (SSSR count). The van der Waals surface area contributed by atoms with E-state index in [0.717, 1.165) is 5.56 Å². The minimum absolute atomic E-state index is 0.191. The van der Waals surface area contributed by atoms with E-state index < -0.39 is 5.97 Å². The highest BCUT2D eigenvalue weighted by Crippen LogP contribution is 2.24. The molecule has 15 heavy (non-hydrogen) atoms. The molecule has 3 nitrogen and oxygen atoms in total. The Morgan fingerprint density at radius 2 is 1.80 bits per heavy atom. The molecule has 0 amide bonds. The lowest BCUT2D eigenvalue weighted by molar-refractivity contribution is -0.141. The topological polar surface area (TPSA) is 57.5 Å². The van der Waals surface area contributed by atoms with Crippen molar-refractivity contribution < 1.29 is 15.0 Å². The van der Waals surface area contributed by atoms with Gasteiger partial charge >= 0.3 is 5.97 Å². The maximum absolute atomic E-state index is 10.7. The molecule has 1 aromatic carbocycles. The second-order valence-corrected chi connectivity index (χ2v) is 3.97. The van der Waals surface area contributed by atoms with Crippen LogP contribution in [0.5, 0.6) is 5.75 Å². The van der Waals surface area contributed by atoms with E-state index in [-0.39, 0.29) is 17.6 Å². The Bertz CT molecular complexity index is 329. The Kier molecular flexibility index (Phi) is 3.72. The smallest absolute Gasteiger partial charge is 0.306 e. The molecule has 82 valence electrons. The van der Waals surface area contributed by atoms with Gasteiger partial charge in [-0.3, -0.25) is 4.79 Å². The van der Waals surface area contributed by atoms with Gasteiger partial charge in [-0.05, 0) is 30.0 Å². The molecule has 0 spiro atoms. The third-order valence-electron chi connectivity index (χ3n) is 2.59. The van der Waals surface area contributed by atoms with Gasteiger partial charge in [-0.1, -0.05) is 26.0 Å². The first-order chi connectivity index (χ1) is 7.00. The van der Waals surface area contributed by atoms with E-state index in [0.29, 0.717) is 6.42 Å². The van der Waals surface area contributed by atoms with Gasteiger partial charge in [0.1, 0.15) is 5.75 Å². The van der Waals surface area contributed by atoms with Crippen molar-refractivity contribution in [1.29, 1.82) is 0 Å². The van der Waals surface area contributed by atoms with Crippen LogP contribution in [0, 0.1) is 5.92 Å². The highest BCUT2D eigenvalue weighted by atomic mass is 16.4. The normalized spacial score (nSPS) is 14.5. The molecule has 0 aliphatic rings. The van der Waals surface area contributed by atoms with Crippen LogP contribution in [0.4, 0.5) is 0 Å². The number of aromatic hydroxyl groups is 1. The molecule has 2 unspecified atom stereocenters. The van der Waals surface area contributed by atoms with Crippen molar-refractivity contribution in [3.8, 4) is 5.75 Å². The Balaban J connectivity index is 2.64. The molecule has 0 saturated carbocycles. The highest BCUT2D eigenvalue weighted by Gasteiger charge is 2.16. The molecular weight excluding hydrogens is 192 g/mol. The van der Waals surface area contributed by atoms with Crippen LogP contribution in [0.25, 0.3) is 0 Å². The largest absolute Gasteiger partial charge is 0.508 e. The molecular formula is C12H16O3. The summed E-state index contributed by atoms with van der Waals surface area (Å²) in [6.07, 6.45) is 0.611. The molecule has 0 radical (unpaired) electrons. The van der Waals surface area contributed by atoms with Crippen LogP contribution in [0.15, 0.2) is 24.3 Å². The number of phenols is 1. The van der Waals surface area contributed by atoms with E-state index in [1.54, 1.807) is 19.1 Å². The summed E-state index contributed by atoms with van der Waals surface area (Å²) in [6, 6.07) is 6.90. The quantitative estimate of drug-likeness (QED) is 0.799. The number of benzene rings is 1. The maximum Gasteiger partial charge on any atom is 0.306 e. The number of rotatable bonds is 4. The molecule has 0 fully saturated rings. The first kappa shape index (κ1) is 11.6. The van der Waals surface area contributed by atoms with E-state index in [1.165, 1.54) is 0 Å². The van der Waals surface area contributed by atoms with Crippen LogP contribution in [0.1, 0.15) is 31.7 Å². The van der Waals surface area contributed by atoms with Gasteiger partial charge in [-0.2, -0.15) is 0 Å². The van der Waals surface area contributed by atoms with E-state index in [2.05, 4.69) is 0 Å². The lowest BCUT2D eigenvalue weighted by Crippen LogP contribution is -2.12. The second-order valence-electron chi connectivity index (χ2n) is 3.97. The van der Waals surface area contributed by atoms with Gasteiger partial charge in [0, 0.05) is 0 Å². The number of hydrogen-bond acceptors (Lipinski definition) is 2. The van der Waals surface area contributed by atoms with Crippen LogP contribution >= 0.6 is 0 Å². The predicted octanol–water partition coefficient (Wildman–Crippen LogP) is 2.61. The lowest BCUT2D eigenvalue weighted by atomic mass is 9.91. The van der Waals surface area contributed by atoms with Crippen molar-refractivity contribution in [3.05, 3.63) is 29.8 Å². The van der Waals surface area contributed by atoms with Gasteiger partial charge in [-0.25, -0.2) is 0 Å². The fraction of sp³-hybridized carbons (Fsp3) is 0.417. The zero-order valence-corrected chi connectivity index (χ0v) is 8.97. The van der Waals surface area contributed by atoms with Gasteiger partial charge in [0.25, 0.3) is 0 Å². The zero-order chi connectivity index (χ0) is 11.4.